The molecule has 0 N–H and O–H groups in total. The number of halogens is 2. The van der Waals surface area contributed by atoms with E-state index >= 15 is 0 Å². The molecule has 0 spiro atoms. The number of ether oxygens (including phenoxy) is 1. The Bertz CT molecular complexity index is 1780. The first-order valence-electron chi connectivity index (χ1n) is 24.3. The van der Waals surface area contributed by atoms with Crippen LogP contribution >= 0.6 is 31.9 Å². The van der Waals surface area contributed by atoms with Crippen LogP contribution in [0.1, 0.15) is 176 Å². The smallest absolute Gasteiger partial charge is 0.0732 e. The highest BCUT2D eigenvalue weighted by Crippen LogP contribution is 2.48. The van der Waals surface area contributed by atoms with E-state index in [1.54, 1.807) is 11.1 Å². The van der Waals surface area contributed by atoms with Gasteiger partial charge in [-0.3, -0.25) is 0 Å². The van der Waals surface area contributed by atoms with Gasteiger partial charge in [0.25, 0.3) is 0 Å². The summed E-state index contributed by atoms with van der Waals surface area (Å²) < 4.78 is 8.65. The van der Waals surface area contributed by atoms with Crippen LogP contribution in [0.15, 0.2) is 93.9 Å². The van der Waals surface area contributed by atoms with Gasteiger partial charge in [-0.15, -0.1) is 0 Å². The van der Waals surface area contributed by atoms with Crippen molar-refractivity contribution >= 4 is 31.9 Å². The lowest BCUT2D eigenvalue weighted by atomic mass is 9.67. The first-order chi connectivity index (χ1) is 29.0. The summed E-state index contributed by atoms with van der Waals surface area (Å²) in [6.07, 6.45) is 28.5. The lowest BCUT2D eigenvalue weighted by molar-refractivity contribution is 0.106. The molecule has 0 unspecified atom stereocenters. The van der Waals surface area contributed by atoms with Gasteiger partial charge in [-0.05, 0) is 181 Å². The predicted octanol–water partition coefficient (Wildman–Crippen LogP) is 18.0. The average molecular weight is 921 g/mol. The Kier molecular flexibility index (Phi) is 15.6. The maximum absolute atomic E-state index is 6.39. The quantitative estimate of drug-likeness (QED) is 0.122. The van der Waals surface area contributed by atoms with Crippen LogP contribution in [-0.2, 0) is 18.0 Å². The Labute approximate surface area is 375 Å². The van der Waals surface area contributed by atoms with Crippen LogP contribution in [-0.4, -0.2) is 0 Å². The number of hydrogen-bond acceptors (Lipinski definition) is 1. The van der Waals surface area contributed by atoms with Gasteiger partial charge in [-0.2, -0.15) is 0 Å². The molecule has 4 aromatic rings. The van der Waals surface area contributed by atoms with Crippen molar-refractivity contribution in [2.24, 2.45) is 35.5 Å². The average Bonchev–Trinajstić information content (AvgIpc) is 3.28. The monoisotopic (exact) mass is 918 g/mol. The third-order valence-corrected chi connectivity index (χ3v) is 17.6. The second-order valence-corrected chi connectivity index (χ2v) is 21.4. The molecule has 0 radical (unpaired) electrons. The maximum Gasteiger partial charge on any atom is 0.0732 e. The second-order valence-electron chi connectivity index (χ2n) is 19.6. The highest BCUT2D eigenvalue weighted by Gasteiger charge is 2.33. The summed E-state index contributed by atoms with van der Waals surface area (Å²) >= 11 is 7.90. The second kappa shape index (κ2) is 21.3. The standard InChI is InChI=1S/C56H72Br2O/c1-3-9-39-15-19-41(20-16-39)43-23-27-45(28-24-43)51-11-5-7-13-53(51)47-31-33-49(55(57)35-47)37-59-38-50-34-32-48(36-56(50)58)54-14-8-6-12-52(54)46-29-25-44(26-30-46)42-21-17-40(10-4-2)18-22-42/h5-8,11-14,31-36,39-46H,3-4,9-10,15-30,37-38H2,1-2H3. The van der Waals surface area contributed by atoms with Gasteiger partial charge < -0.3 is 4.74 Å². The van der Waals surface area contributed by atoms with Gasteiger partial charge in [-0.25, -0.2) is 0 Å². The molecule has 0 atom stereocenters. The molecule has 0 saturated heterocycles. The molecule has 0 amide bonds. The molecule has 4 saturated carbocycles. The molecule has 4 aromatic carbocycles. The van der Waals surface area contributed by atoms with Crippen LogP contribution in [0.3, 0.4) is 0 Å². The Morgan fingerprint density at radius 1 is 0.441 bits per heavy atom. The van der Waals surface area contributed by atoms with Gasteiger partial charge in [0.05, 0.1) is 13.2 Å². The maximum atomic E-state index is 6.39. The van der Waals surface area contributed by atoms with E-state index in [1.807, 2.05) is 0 Å². The fourth-order valence-corrected chi connectivity index (χ4v) is 13.7. The lowest BCUT2D eigenvalue weighted by Gasteiger charge is -2.38. The van der Waals surface area contributed by atoms with Crippen LogP contribution in [0.4, 0.5) is 0 Å². The van der Waals surface area contributed by atoms with Gasteiger partial charge in [0.15, 0.2) is 0 Å². The minimum absolute atomic E-state index is 0.576. The SMILES string of the molecule is CCCC1CCC(C2CCC(c3ccccc3-c3ccc(COCc4ccc(-c5ccccc5C5CCC(C6CCC(CCC)CC6)CC5)cc4Br)c(Br)c3)CC2)CC1. The fourth-order valence-electron chi connectivity index (χ4n) is 12.7. The van der Waals surface area contributed by atoms with Gasteiger partial charge in [0.1, 0.15) is 0 Å². The molecule has 4 fully saturated rings. The highest BCUT2D eigenvalue weighted by molar-refractivity contribution is 9.10. The van der Waals surface area contributed by atoms with E-state index in [2.05, 4.69) is 131 Å². The van der Waals surface area contributed by atoms with Gasteiger partial charge >= 0.3 is 0 Å². The Morgan fingerprint density at radius 3 is 1.15 bits per heavy atom. The summed E-state index contributed by atoms with van der Waals surface area (Å²) in [5.74, 6) is 7.23. The molecule has 4 aliphatic rings. The molecule has 8 rings (SSSR count). The number of rotatable bonds is 14. The minimum Gasteiger partial charge on any atom is -0.372 e. The zero-order valence-electron chi connectivity index (χ0n) is 36.4. The summed E-state index contributed by atoms with van der Waals surface area (Å²) in [7, 11) is 0. The van der Waals surface area contributed by atoms with E-state index in [4.69, 9.17) is 4.74 Å². The molecule has 3 heteroatoms. The molecule has 59 heavy (non-hydrogen) atoms. The summed E-state index contributed by atoms with van der Waals surface area (Å²) in [5.41, 5.74) is 10.9. The van der Waals surface area contributed by atoms with E-state index in [9.17, 15) is 0 Å². The van der Waals surface area contributed by atoms with Crippen molar-refractivity contribution in [1.82, 2.24) is 0 Å². The van der Waals surface area contributed by atoms with Crippen molar-refractivity contribution in [2.45, 2.75) is 167 Å². The van der Waals surface area contributed by atoms with E-state index in [-0.39, 0.29) is 0 Å². The van der Waals surface area contributed by atoms with Gasteiger partial charge in [-0.1, -0.05) is 170 Å². The minimum atomic E-state index is 0.576. The van der Waals surface area contributed by atoms with Crippen molar-refractivity contribution in [3.63, 3.8) is 0 Å². The summed E-state index contributed by atoms with van der Waals surface area (Å²) in [6, 6.07) is 32.3. The van der Waals surface area contributed by atoms with E-state index in [0.29, 0.717) is 25.0 Å². The molecular weight excluding hydrogens is 848 g/mol. The van der Waals surface area contributed by atoms with Crippen LogP contribution in [0.5, 0.6) is 0 Å². The van der Waals surface area contributed by atoms with E-state index in [1.165, 1.54) is 162 Å². The van der Waals surface area contributed by atoms with Crippen molar-refractivity contribution in [1.29, 1.82) is 0 Å². The largest absolute Gasteiger partial charge is 0.372 e. The molecule has 1 nitrogen and oxygen atoms in total. The zero-order chi connectivity index (χ0) is 40.6. The Morgan fingerprint density at radius 2 is 0.797 bits per heavy atom. The molecule has 0 heterocycles. The topological polar surface area (TPSA) is 9.23 Å². The van der Waals surface area contributed by atoms with Crippen LogP contribution < -0.4 is 0 Å². The van der Waals surface area contributed by atoms with E-state index in [0.717, 1.165) is 44.5 Å². The summed E-state index contributed by atoms with van der Waals surface area (Å²) in [6.45, 7) is 5.86. The van der Waals surface area contributed by atoms with Crippen LogP contribution in [0.25, 0.3) is 22.3 Å². The molecule has 4 aliphatic carbocycles. The third-order valence-electron chi connectivity index (χ3n) is 16.1. The summed E-state index contributed by atoms with van der Waals surface area (Å²) in [4.78, 5) is 0. The Hall–Kier alpha value is -2.20. The highest BCUT2D eigenvalue weighted by atomic mass is 79.9. The predicted molar refractivity (Wildman–Crippen MR) is 258 cm³/mol. The normalized spacial score (nSPS) is 27.7. The molecule has 316 valence electrons. The first-order valence-corrected chi connectivity index (χ1v) is 25.9. The van der Waals surface area contributed by atoms with Crippen LogP contribution in [0, 0.1) is 35.5 Å². The number of hydrogen-bond donors (Lipinski definition) is 0. The third kappa shape index (κ3) is 10.9. The van der Waals surface area contributed by atoms with Gasteiger partial charge in [0.2, 0.25) is 0 Å². The van der Waals surface area contributed by atoms with Crippen molar-refractivity contribution in [3.05, 3.63) is 116 Å². The summed E-state index contributed by atoms with van der Waals surface area (Å²) in [5, 5.41) is 0. The van der Waals surface area contributed by atoms with Crippen LogP contribution in [0.2, 0.25) is 0 Å². The van der Waals surface area contributed by atoms with Crippen molar-refractivity contribution in [3.8, 4) is 22.3 Å². The zero-order valence-corrected chi connectivity index (χ0v) is 39.6. The lowest BCUT2D eigenvalue weighted by Crippen LogP contribution is -2.25. The van der Waals surface area contributed by atoms with Crippen molar-refractivity contribution < 1.29 is 4.74 Å². The fraction of sp³-hybridized carbons (Fsp3) is 0.571. The molecule has 0 aliphatic heterocycles. The molecule has 0 aromatic heterocycles. The number of benzene rings is 4. The van der Waals surface area contributed by atoms with Gasteiger partial charge in [0, 0.05) is 8.95 Å². The van der Waals surface area contributed by atoms with Crippen molar-refractivity contribution in [2.75, 3.05) is 0 Å². The van der Waals surface area contributed by atoms with E-state index < -0.39 is 0 Å². The molecule has 0 bridgehead atoms. The first kappa shape index (κ1) is 43.4. The Balaban J connectivity index is 0.838. The molecular formula is C56H72Br2O.